The van der Waals surface area contributed by atoms with Crippen LogP contribution in [0.25, 0.3) is 0 Å². The van der Waals surface area contributed by atoms with Gasteiger partial charge in [0.05, 0.1) is 11.6 Å². The molecule has 0 atom stereocenters. The van der Waals surface area contributed by atoms with Crippen molar-refractivity contribution in [2.24, 2.45) is 5.73 Å². The summed E-state index contributed by atoms with van der Waals surface area (Å²) < 4.78 is 15.2. The first-order valence-corrected chi connectivity index (χ1v) is 5.48. The first kappa shape index (κ1) is 11.9. The molecule has 0 fully saturated rings. The quantitative estimate of drug-likeness (QED) is 0.885. The summed E-state index contributed by atoms with van der Waals surface area (Å²) in [5, 5.41) is 11.3. The van der Waals surface area contributed by atoms with Crippen molar-refractivity contribution in [3.05, 3.63) is 40.4 Å². The number of tetrazole rings is 1. The Labute approximate surface area is 102 Å². The van der Waals surface area contributed by atoms with E-state index in [9.17, 15) is 4.39 Å². The van der Waals surface area contributed by atoms with Gasteiger partial charge in [0.15, 0.2) is 5.82 Å². The molecule has 0 bridgehead atoms. The van der Waals surface area contributed by atoms with Crippen LogP contribution in [0.3, 0.4) is 0 Å². The van der Waals surface area contributed by atoms with Gasteiger partial charge in [-0.05, 0) is 22.1 Å². The average Bonchev–Trinajstić information content (AvgIpc) is 2.73. The summed E-state index contributed by atoms with van der Waals surface area (Å²) in [5.74, 6) is 0.132. The Kier molecular flexibility index (Phi) is 3.65. The van der Waals surface area contributed by atoms with Crippen LogP contribution in [0, 0.1) is 5.82 Å². The van der Waals surface area contributed by atoms with E-state index in [1.54, 1.807) is 16.8 Å². The second-order valence-corrected chi connectivity index (χ2v) is 3.90. The molecular formula is C10H11ClFN5. The number of rotatable bonds is 4. The van der Waals surface area contributed by atoms with Crippen molar-refractivity contribution in [1.82, 2.24) is 20.2 Å². The fraction of sp³-hybridized carbons (Fsp3) is 0.300. The number of aromatic nitrogens is 4. The third-order valence-electron chi connectivity index (χ3n) is 2.33. The fourth-order valence-corrected chi connectivity index (χ4v) is 1.70. The molecule has 0 aliphatic rings. The predicted octanol–water partition coefficient (Wildman–Crippen LogP) is 1.02. The van der Waals surface area contributed by atoms with E-state index in [0.717, 1.165) is 0 Å². The Morgan fingerprint density at radius 3 is 3.00 bits per heavy atom. The molecule has 2 aromatic rings. The molecule has 90 valence electrons. The third-order valence-corrected chi connectivity index (χ3v) is 2.62. The number of nitrogens with two attached hydrogens (primary N) is 1. The highest BCUT2D eigenvalue weighted by Gasteiger charge is 2.11. The van der Waals surface area contributed by atoms with E-state index in [1.807, 2.05) is 0 Å². The number of hydrogen-bond donors (Lipinski definition) is 1. The molecule has 1 aromatic carbocycles. The minimum atomic E-state index is -0.434. The molecule has 0 spiro atoms. The molecule has 1 aromatic heterocycles. The van der Waals surface area contributed by atoms with Gasteiger partial charge in [-0.25, -0.2) is 9.07 Å². The van der Waals surface area contributed by atoms with Crippen LogP contribution in [0.15, 0.2) is 18.2 Å². The maximum Gasteiger partial charge on any atom is 0.155 e. The van der Waals surface area contributed by atoms with Crippen molar-refractivity contribution >= 4 is 11.6 Å². The highest BCUT2D eigenvalue weighted by atomic mass is 35.5. The van der Waals surface area contributed by atoms with Gasteiger partial charge in [-0.1, -0.05) is 23.7 Å². The Morgan fingerprint density at radius 1 is 1.41 bits per heavy atom. The molecule has 0 saturated carbocycles. The molecule has 2 N–H and O–H groups in total. The van der Waals surface area contributed by atoms with Crippen LogP contribution in [0.2, 0.25) is 5.02 Å². The van der Waals surface area contributed by atoms with Gasteiger partial charge < -0.3 is 5.73 Å². The second-order valence-electron chi connectivity index (χ2n) is 3.50. The van der Waals surface area contributed by atoms with Crippen LogP contribution in [0.4, 0.5) is 4.39 Å². The van der Waals surface area contributed by atoms with Crippen molar-refractivity contribution in [1.29, 1.82) is 0 Å². The molecule has 5 nitrogen and oxygen atoms in total. The molecular weight excluding hydrogens is 245 g/mol. The van der Waals surface area contributed by atoms with Gasteiger partial charge in [0.2, 0.25) is 0 Å². The molecule has 2 rings (SSSR count). The Bertz CT molecular complexity index is 513. The van der Waals surface area contributed by atoms with Crippen molar-refractivity contribution in [2.75, 3.05) is 6.54 Å². The van der Waals surface area contributed by atoms with E-state index in [-0.39, 0.29) is 5.02 Å². The van der Waals surface area contributed by atoms with Gasteiger partial charge in [0.25, 0.3) is 0 Å². The Morgan fingerprint density at radius 2 is 2.24 bits per heavy atom. The van der Waals surface area contributed by atoms with Gasteiger partial charge in [-0.2, -0.15) is 0 Å². The number of halogens is 2. The lowest BCUT2D eigenvalue weighted by Gasteiger charge is -2.05. The molecule has 17 heavy (non-hydrogen) atoms. The summed E-state index contributed by atoms with van der Waals surface area (Å²) in [6.07, 6.45) is 0.291. The largest absolute Gasteiger partial charge is 0.329 e. The van der Waals surface area contributed by atoms with Gasteiger partial charge in [-0.3, -0.25) is 0 Å². The standard InChI is InChI=1S/C10H11ClFN5/c11-8-3-1-2-7(10(8)12)6-9-14-15-16-17(9)5-4-13/h1-3H,4-6,13H2. The van der Waals surface area contributed by atoms with E-state index in [1.165, 1.54) is 6.07 Å². The zero-order valence-electron chi connectivity index (χ0n) is 8.98. The minimum absolute atomic E-state index is 0.0975. The van der Waals surface area contributed by atoms with Crippen LogP contribution in [0.1, 0.15) is 11.4 Å². The highest BCUT2D eigenvalue weighted by Crippen LogP contribution is 2.19. The van der Waals surface area contributed by atoms with E-state index >= 15 is 0 Å². The summed E-state index contributed by atoms with van der Waals surface area (Å²) in [5.41, 5.74) is 5.89. The zero-order chi connectivity index (χ0) is 12.3. The topological polar surface area (TPSA) is 69.6 Å². The Balaban J connectivity index is 2.25. The van der Waals surface area contributed by atoms with Crippen molar-refractivity contribution in [3.63, 3.8) is 0 Å². The second kappa shape index (κ2) is 5.20. The summed E-state index contributed by atoms with van der Waals surface area (Å²) >= 11 is 5.70. The number of nitrogens with zero attached hydrogens (tertiary/aromatic N) is 4. The van der Waals surface area contributed by atoms with Gasteiger partial charge in [0, 0.05) is 13.0 Å². The SMILES string of the molecule is NCCn1nnnc1Cc1cccc(Cl)c1F. The summed E-state index contributed by atoms with van der Waals surface area (Å²) in [6.45, 7) is 0.931. The van der Waals surface area contributed by atoms with E-state index < -0.39 is 5.82 Å². The highest BCUT2D eigenvalue weighted by molar-refractivity contribution is 6.30. The molecule has 7 heteroatoms. The predicted molar refractivity (Wildman–Crippen MR) is 61.1 cm³/mol. The smallest absolute Gasteiger partial charge is 0.155 e. The first-order valence-electron chi connectivity index (χ1n) is 5.10. The lowest BCUT2D eigenvalue weighted by molar-refractivity contribution is 0.570. The van der Waals surface area contributed by atoms with Crippen LogP contribution >= 0.6 is 11.6 Å². The van der Waals surface area contributed by atoms with Crippen LogP contribution in [-0.4, -0.2) is 26.8 Å². The lowest BCUT2D eigenvalue weighted by atomic mass is 10.1. The molecule has 0 unspecified atom stereocenters. The summed E-state index contributed by atoms with van der Waals surface area (Å²) in [7, 11) is 0. The molecule has 0 saturated heterocycles. The number of benzene rings is 1. The van der Waals surface area contributed by atoms with Gasteiger partial charge in [-0.15, -0.1) is 5.10 Å². The fourth-order valence-electron chi connectivity index (χ4n) is 1.50. The van der Waals surface area contributed by atoms with E-state index in [4.69, 9.17) is 17.3 Å². The van der Waals surface area contributed by atoms with Gasteiger partial charge >= 0.3 is 0 Å². The zero-order valence-corrected chi connectivity index (χ0v) is 9.73. The maximum atomic E-state index is 13.7. The molecule has 0 aliphatic carbocycles. The van der Waals surface area contributed by atoms with E-state index in [2.05, 4.69) is 15.5 Å². The summed E-state index contributed by atoms with van der Waals surface area (Å²) in [6, 6.07) is 4.85. The number of hydrogen-bond acceptors (Lipinski definition) is 4. The monoisotopic (exact) mass is 255 g/mol. The summed E-state index contributed by atoms with van der Waals surface area (Å²) in [4.78, 5) is 0. The van der Waals surface area contributed by atoms with Crippen molar-refractivity contribution < 1.29 is 4.39 Å². The molecule has 0 amide bonds. The van der Waals surface area contributed by atoms with Crippen LogP contribution in [0.5, 0.6) is 0 Å². The molecule has 1 heterocycles. The minimum Gasteiger partial charge on any atom is -0.329 e. The first-order chi connectivity index (χ1) is 8.22. The lowest BCUT2D eigenvalue weighted by Crippen LogP contribution is -2.14. The Hall–Kier alpha value is -1.53. The van der Waals surface area contributed by atoms with Crippen molar-refractivity contribution in [3.8, 4) is 0 Å². The van der Waals surface area contributed by atoms with Crippen LogP contribution in [-0.2, 0) is 13.0 Å². The average molecular weight is 256 g/mol. The normalized spacial score (nSPS) is 10.8. The molecule has 0 aliphatic heterocycles. The molecule has 0 radical (unpaired) electrons. The van der Waals surface area contributed by atoms with E-state index in [0.29, 0.717) is 30.9 Å². The van der Waals surface area contributed by atoms with Gasteiger partial charge in [0.1, 0.15) is 5.82 Å². The third kappa shape index (κ3) is 2.59. The maximum absolute atomic E-state index is 13.7. The van der Waals surface area contributed by atoms with Crippen LogP contribution < -0.4 is 5.73 Å². The van der Waals surface area contributed by atoms with Crippen molar-refractivity contribution in [2.45, 2.75) is 13.0 Å².